The van der Waals surface area contributed by atoms with Crippen LogP contribution < -0.4 is 5.32 Å². The van der Waals surface area contributed by atoms with E-state index in [2.05, 4.69) is 17.2 Å². The number of anilines is 1. The highest BCUT2D eigenvalue weighted by atomic mass is 16.5. The monoisotopic (exact) mass is 250 g/mol. The van der Waals surface area contributed by atoms with Crippen molar-refractivity contribution in [3.63, 3.8) is 0 Å². The minimum Gasteiger partial charge on any atom is -0.388 e. The molecule has 0 aliphatic rings. The van der Waals surface area contributed by atoms with Gasteiger partial charge in [0.25, 0.3) is 0 Å². The molecule has 0 aliphatic heterocycles. The highest BCUT2D eigenvalue weighted by Gasteiger charge is 1.97. The maximum absolute atomic E-state index is 5.64. The molecule has 18 heavy (non-hydrogen) atoms. The first-order chi connectivity index (χ1) is 8.86. The third-order valence-electron chi connectivity index (χ3n) is 3.00. The van der Waals surface area contributed by atoms with Gasteiger partial charge in [0.15, 0.2) is 0 Å². The molecule has 0 aliphatic carbocycles. The molecule has 0 saturated heterocycles. The van der Waals surface area contributed by atoms with Gasteiger partial charge in [0, 0.05) is 25.5 Å². The van der Waals surface area contributed by atoms with Crippen LogP contribution in [-0.4, -0.2) is 18.6 Å². The van der Waals surface area contributed by atoms with E-state index in [4.69, 9.17) is 4.74 Å². The van der Waals surface area contributed by atoms with Gasteiger partial charge in [0.1, 0.15) is 0 Å². The molecule has 1 rings (SSSR count). The van der Waals surface area contributed by atoms with Gasteiger partial charge in [-0.25, -0.2) is 0 Å². The molecule has 1 aromatic heterocycles. The summed E-state index contributed by atoms with van der Waals surface area (Å²) in [6.07, 6.45) is 9.63. The van der Waals surface area contributed by atoms with Crippen LogP contribution in [0, 0.1) is 0 Å². The molecule has 1 N–H and O–H groups in total. The van der Waals surface area contributed by atoms with Crippen LogP contribution in [0.5, 0.6) is 0 Å². The molecule has 0 unspecified atom stereocenters. The topological polar surface area (TPSA) is 34.1 Å². The van der Waals surface area contributed by atoms with Gasteiger partial charge in [-0.1, -0.05) is 39.0 Å². The second-order valence-corrected chi connectivity index (χ2v) is 4.61. The van der Waals surface area contributed by atoms with E-state index < -0.39 is 0 Å². The van der Waals surface area contributed by atoms with Crippen molar-refractivity contribution in [3.8, 4) is 0 Å². The highest BCUT2D eigenvalue weighted by Crippen LogP contribution is 2.09. The zero-order chi connectivity index (χ0) is 13.1. The van der Waals surface area contributed by atoms with E-state index in [-0.39, 0.29) is 0 Å². The lowest BCUT2D eigenvalue weighted by Gasteiger charge is -2.05. The smallest absolute Gasteiger partial charge is 0.0888 e. The molecule has 0 radical (unpaired) electrons. The van der Waals surface area contributed by atoms with Crippen LogP contribution in [0.15, 0.2) is 18.3 Å². The molecule has 0 saturated carbocycles. The van der Waals surface area contributed by atoms with Gasteiger partial charge < -0.3 is 10.1 Å². The number of ether oxygens (including phenoxy) is 1. The summed E-state index contributed by atoms with van der Waals surface area (Å²) in [4.78, 5) is 4.28. The summed E-state index contributed by atoms with van der Waals surface area (Å²) >= 11 is 0. The minimum atomic E-state index is 0.616. The average Bonchev–Trinajstić information content (AvgIpc) is 2.42. The van der Waals surface area contributed by atoms with Gasteiger partial charge in [-0.2, -0.15) is 0 Å². The first kappa shape index (κ1) is 15.0. The van der Waals surface area contributed by atoms with Gasteiger partial charge in [-0.3, -0.25) is 4.98 Å². The quantitative estimate of drug-likeness (QED) is 0.637. The number of pyridine rings is 1. The number of aromatic nitrogens is 1. The van der Waals surface area contributed by atoms with Crippen molar-refractivity contribution in [2.45, 2.75) is 52.1 Å². The summed E-state index contributed by atoms with van der Waals surface area (Å²) < 4.78 is 5.64. The molecule has 0 aromatic carbocycles. The minimum absolute atomic E-state index is 0.616. The van der Waals surface area contributed by atoms with E-state index >= 15 is 0 Å². The molecular weight excluding hydrogens is 224 g/mol. The third kappa shape index (κ3) is 6.60. The molecule has 102 valence electrons. The van der Waals surface area contributed by atoms with Crippen molar-refractivity contribution in [1.82, 2.24) is 4.98 Å². The summed E-state index contributed by atoms with van der Waals surface area (Å²) in [6, 6.07) is 3.98. The van der Waals surface area contributed by atoms with E-state index in [0.717, 1.165) is 24.4 Å². The Balaban J connectivity index is 2.03. The van der Waals surface area contributed by atoms with Crippen LogP contribution in [0.25, 0.3) is 0 Å². The SMILES string of the molecule is CCCCCCCCOCc1cc(NC)ccn1. The van der Waals surface area contributed by atoms with E-state index in [1.165, 1.54) is 32.1 Å². The van der Waals surface area contributed by atoms with Crippen molar-refractivity contribution in [2.24, 2.45) is 0 Å². The Morgan fingerprint density at radius 2 is 1.94 bits per heavy atom. The molecular formula is C15H26N2O. The van der Waals surface area contributed by atoms with E-state index in [1.807, 2.05) is 25.4 Å². The summed E-state index contributed by atoms with van der Waals surface area (Å²) in [5, 5.41) is 3.10. The predicted octanol–water partition coefficient (Wildman–Crippen LogP) is 4.00. The maximum Gasteiger partial charge on any atom is 0.0888 e. The first-order valence-corrected chi connectivity index (χ1v) is 7.07. The van der Waals surface area contributed by atoms with Crippen LogP contribution in [0.2, 0.25) is 0 Å². The molecule has 1 aromatic rings. The lowest BCUT2D eigenvalue weighted by molar-refractivity contribution is 0.114. The fourth-order valence-electron chi connectivity index (χ4n) is 1.87. The Bertz CT molecular complexity index is 315. The second kappa shape index (κ2) is 9.89. The van der Waals surface area contributed by atoms with Crippen LogP contribution in [-0.2, 0) is 11.3 Å². The van der Waals surface area contributed by atoms with Crippen LogP contribution in [0.1, 0.15) is 51.1 Å². The second-order valence-electron chi connectivity index (χ2n) is 4.61. The number of rotatable bonds is 10. The van der Waals surface area contributed by atoms with Crippen LogP contribution in [0.3, 0.4) is 0 Å². The predicted molar refractivity (Wildman–Crippen MR) is 76.8 cm³/mol. The lowest BCUT2D eigenvalue weighted by atomic mass is 10.1. The lowest BCUT2D eigenvalue weighted by Crippen LogP contribution is -1.99. The van der Waals surface area contributed by atoms with Gasteiger partial charge >= 0.3 is 0 Å². The van der Waals surface area contributed by atoms with Crippen LogP contribution in [0.4, 0.5) is 5.69 Å². The largest absolute Gasteiger partial charge is 0.388 e. The maximum atomic E-state index is 5.64. The zero-order valence-corrected chi connectivity index (χ0v) is 11.7. The number of unbranched alkanes of at least 4 members (excludes halogenated alkanes) is 5. The summed E-state index contributed by atoms with van der Waals surface area (Å²) in [5.41, 5.74) is 2.08. The van der Waals surface area contributed by atoms with Gasteiger partial charge in [0.2, 0.25) is 0 Å². The molecule has 3 heteroatoms. The number of nitrogens with one attached hydrogen (secondary N) is 1. The Hall–Kier alpha value is -1.09. The molecule has 0 fully saturated rings. The van der Waals surface area contributed by atoms with Gasteiger partial charge in [0.05, 0.1) is 12.3 Å². The third-order valence-corrected chi connectivity index (χ3v) is 3.00. The van der Waals surface area contributed by atoms with E-state index in [9.17, 15) is 0 Å². The first-order valence-electron chi connectivity index (χ1n) is 7.07. The number of hydrogen-bond donors (Lipinski definition) is 1. The van der Waals surface area contributed by atoms with Crippen molar-refractivity contribution < 1.29 is 4.74 Å². The summed E-state index contributed by atoms with van der Waals surface area (Å²) in [5.74, 6) is 0. The fourth-order valence-corrected chi connectivity index (χ4v) is 1.87. The average molecular weight is 250 g/mol. The van der Waals surface area contributed by atoms with E-state index in [1.54, 1.807) is 0 Å². The summed E-state index contributed by atoms with van der Waals surface area (Å²) in [7, 11) is 1.91. The highest BCUT2D eigenvalue weighted by molar-refractivity contribution is 5.42. The Morgan fingerprint density at radius 3 is 2.72 bits per heavy atom. The van der Waals surface area contributed by atoms with Crippen molar-refractivity contribution >= 4 is 5.69 Å². The molecule has 0 bridgehead atoms. The fraction of sp³-hybridized carbons (Fsp3) is 0.667. The molecule has 0 amide bonds. The molecule has 0 spiro atoms. The summed E-state index contributed by atoms with van der Waals surface area (Å²) in [6.45, 7) is 3.71. The molecule has 3 nitrogen and oxygen atoms in total. The molecule has 1 heterocycles. The standard InChI is InChI=1S/C15H26N2O/c1-3-4-5-6-7-8-11-18-13-15-12-14(16-2)9-10-17-15/h9-10,12H,3-8,11,13H2,1-2H3,(H,16,17). The van der Waals surface area contributed by atoms with Crippen LogP contribution >= 0.6 is 0 Å². The van der Waals surface area contributed by atoms with Gasteiger partial charge in [-0.05, 0) is 18.6 Å². The Labute approximate surface area is 111 Å². The van der Waals surface area contributed by atoms with Crippen molar-refractivity contribution in [2.75, 3.05) is 19.0 Å². The Morgan fingerprint density at radius 1 is 1.17 bits per heavy atom. The van der Waals surface area contributed by atoms with Crippen molar-refractivity contribution in [1.29, 1.82) is 0 Å². The zero-order valence-electron chi connectivity index (χ0n) is 11.7. The van der Waals surface area contributed by atoms with Crippen molar-refractivity contribution in [3.05, 3.63) is 24.0 Å². The number of nitrogens with zero attached hydrogens (tertiary/aromatic N) is 1. The Kier molecular flexibility index (Phi) is 8.23. The van der Waals surface area contributed by atoms with E-state index in [0.29, 0.717) is 6.61 Å². The number of hydrogen-bond acceptors (Lipinski definition) is 3. The molecule has 0 atom stereocenters. The normalized spacial score (nSPS) is 10.6. The van der Waals surface area contributed by atoms with Gasteiger partial charge in [-0.15, -0.1) is 0 Å².